The Balaban J connectivity index is 2.11. The highest BCUT2D eigenvalue weighted by molar-refractivity contribution is 5.98. The van der Waals surface area contributed by atoms with Crippen LogP contribution in [0.15, 0.2) is 31.3 Å². The molecule has 3 heterocycles. The maximum atomic E-state index is 12.9. The minimum Gasteiger partial charge on any atom is -0.275 e. The third kappa shape index (κ3) is 2.35. The molecule has 4 aromatic rings. The second-order valence-corrected chi connectivity index (χ2v) is 6.42. The van der Waals surface area contributed by atoms with Crippen molar-refractivity contribution in [1.82, 2.24) is 24.1 Å². The molecule has 0 saturated heterocycles. The molecule has 0 saturated carbocycles. The van der Waals surface area contributed by atoms with E-state index in [-0.39, 0.29) is 34.0 Å². The van der Waals surface area contributed by atoms with Crippen molar-refractivity contribution in [3.63, 3.8) is 0 Å². The molecule has 0 aliphatic heterocycles. The summed E-state index contributed by atoms with van der Waals surface area (Å²) in [7, 11) is 0. The van der Waals surface area contributed by atoms with Gasteiger partial charge in [0.15, 0.2) is 0 Å². The van der Waals surface area contributed by atoms with Gasteiger partial charge in [-0.3, -0.25) is 23.7 Å². The molecule has 0 spiro atoms. The van der Waals surface area contributed by atoms with Gasteiger partial charge in [-0.1, -0.05) is 13.8 Å². The van der Waals surface area contributed by atoms with Gasteiger partial charge in [0.1, 0.15) is 11.6 Å². The third-order valence-corrected chi connectivity index (χ3v) is 4.84. The summed E-state index contributed by atoms with van der Waals surface area (Å²) in [5, 5.41) is 0.402. The minimum atomic E-state index is -0.617. The summed E-state index contributed by atoms with van der Waals surface area (Å²) in [4.78, 5) is 63.4. The van der Waals surface area contributed by atoms with E-state index in [0.717, 1.165) is 9.13 Å². The molecule has 142 valence electrons. The van der Waals surface area contributed by atoms with Crippen LogP contribution < -0.4 is 22.2 Å². The fraction of sp³-hybridized carbons (Fsp3) is 0.316. The SMILES string of the molecule is CCc1nc(CC)nc(-n2c(=O)c3cc4c(=O)n(CC)c(=O)c4cc3c2=O)n1. The number of benzene rings is 1. The molecule has 28 heavy (non-hydrogen) atoms. The van der Waals surface area contributed by atoms with E-state index in [1.165, 1.54) is 12.1 Å². The Morgan fingerprint density at radius 3 is 1.50 bits per heavy atom. The van der Waals surface area contributed by atoms with E-state index < -0.39 is 22.2 Å². The molecule has 3 aromatic heterocycles. The summed E-state index contributed by atoms with van der Waals surface area (Å²) in [6.07, 6.45) is 1.05. The molecule has 1 aromatic carbocycles. The fourth-order valence-corrected chi connectivity index (χ4v) is 3.36. The highest BCUT2D eigenvalue weighted by Gasteiger charge is 2.21. The zero-order chi connectivity index (χ0) is 20.2. The fourth-order valence-electron chi connectivity index (χ4n) is 3.36. The molecule has 0 radical (unpaired) electrons. The van der Waals surface area contributed by atoms with Crippen molar-refractivity contribution in [2.75, 3.05) is 0 Å². The molecule has 0 fully saturated rings. The normalized spacial score (nSPS) is 11.7. The van der Waals surface area contributed by atoms with Crippen molar-refractivity contribution in [2.24, 2.45) is 0 Å². The van der Waals surface area contributed by atoms with Crippen molar-refractivity contribution >= 4 is 21.5 Å². The van der Waals surface area contributed by atoms with Crippen molar-refractivity contribution < 1.29 is 0 Å². The van der Waals surface area contributed by atoms with Crippen LogP contribution in [0.5, 0.6) is 0 Å². The van der Waals surface area contributed by atoms with E-state index in [1.807, 2.05) is 13.8 Å². The lowest BCUT2D eigenvalue weighted by Crippen LogP contribution is -2.27. The highest BCUT2D eigenvalue weighted by atomic mass is 16.2. The van der Waals surface area contributed by atoms with Crippen molar-refractivity contribution in [3.05, 3.63) is 65.2 Å². The van der Waals surface area contributed by atoms with Crippen LogP contribution in [-0.4, -0.2) is 24.1 Å². The van der Waals surface area contributed by atoms with Crippen LogP contribution in [0.4, 0.5) is 0 Å². The standard InChI is InChI=1S/C19H17N5O4/c1-4-13-20-14(5-2)22-19(21-13)24-17(27)11-7-9-10(8-12(11)18(24)28)16(26)23(6-3)15(9)25/h7-8H,4-6H2,1-3H3. The molecule has 9 nitrogen and oxygen atoms in total. The van der Waals surface area contributed by atoms with Gasteiger partial charge < -0.3 is 0 Å². The first kappa shape index (κ1) is 17.9. The van der Waals surface area contributed by atoms with Gasteiger partial charge in [-0.2, -0.15) is 9.97 Å². The first-order valence-electron chi connectivity index (χ1n) is 9.08. The minimum absolute atomic E-state index is 0.0390. The molecular weight excluding hydrogens is 362 g/mol. The predicted molar refractivity (Wildman–Crippen MR) is 104 cm³/mol. The van der Waals surface area contributed by atoms with Gasteiger partial charge >= 0.3 is 0 Å². The van der Waals surface area contributed by atoms with Crippen LogP contribution in [0.2, 0.25) is 0 Å². The molecule has 0 amide bonds. The maximum Gasteiger partial charge on any atom is 0.268 e. The summed E-state index contributed by atoms with van der Waals surface area (Å²) < 4.78 is 1.96. The van der Waals surface area contributed by atoms with E-state index in [4.69, 9.17) is 0 Å². The van der Waals surface area contributed by atoms with Crippen LogP contribution in [0.25, 0.3) is 27.5 Å². The van der Waals surface area contributed by atoms with Gasteiger partial charge in [0.2, 0.25) is 5.95 Å². The van der Waals surface area contributed by atoms with E-state index in [2.05, 4.69) is 15.0 Å². The summed E-state index contributed by atoms with van der Waals surface area (Å²) in [6.45, 7) is 5.63. The number of hydrogen-bond donors (Lipinski definition) is 0. The van der Waals surface area contributed by atoms with Gasteiger partial charge in [0.25, 0.3) is 22.2 Å². The Hall–Kier alpha value is -3.49. The molecule has 0 unspecified atom stereocenters. The Labute approximate surface area is 157 Å². The Morgan fingerprint density at radius 1 is 0.679 bits per heavy atom. The van der Waals surface area contributed by atoms with E-state index >= 15 is 0 Å². The van der Waals surface area contributed by atoms with Gasteiger partial charge in [0, 0.05) is 19.4 Å². The van der Waals surface area contributed by atoms with Gasteiger partial charge in [0.05, 0.1) is 21.5 Å². The maximum absolute atomic E-state index is 12.9. The molecular formula is C19H17N5O4. The second kappa shape index (κ2) is 6.29. The molecule has 0 aliphatic carbocycles. The van der Waals surface area contributed by atoms with Gasteiger partial charge in [-0.05, 0) is 19.1 Å². The zero-order valence-corrected chi connectivity index (χ0v) is 15.6. The van der Waals surface area contributed by atoms with Gasteiger partial charge in [-0.15, -0.1) is 0 Å². The molecule has 0 N–H and O–H groups in total. The van der Waals surface area contributed by atoms with Gasteiger partial charge in [-0.25, -0.2) is 9.55 Å². The number of nitrogens with zero attached hydrogens (tertiary/aromatic N) is 5. The van der Waals surface area contributed by atoms with Crippen molar-refractivity contribution in [1.29, 1.82) is 0 Å². The average Bonchev–Trinajstić information content (AvgIpc) is 3.10. The predicted octanol–water partition coefficient (Wildman–Crippen LogP) is 0.231. The monoisotopic (exact) mass is 379 g/mol. The summed E-state index contributed by atoms with van der Waals surface area (Å²) in [5.74, 6) is 0.914. The van der Waals surface area contributed by atoms with Crippen molar-refractivity contribution in [3.8, 4) is 5.95 Å². The third-order valence-electron chi connectivity index (χ3n) is 4.84. The van der Waals surface area contributed by atoms with Crippen LogP contribution in [-0.2, 0) is 19.4 Å². The summed E-state index contributed by atoms with van der Waals surface area (Å²) in [6, 6.07) is 2.65. The smallest absolute Gasteiger partial charge is 0.268 e. The zero-order valence-electron chi connectivity index (χ0n) is 15.6. The lowest BCUT2D eigenvalue weighted by atomic mass is 10.1. The highest BCUT2D eigenvalue weighted by Crippen LogP contribution is 2.15. The lowest BCUT2D eigenvalue weighted by molar-refractivity contribution is 0.722. The number of fused-ring (bicyclic) bond motifs is 2. The Morgan fingerprint density at radius 2 is 1.11 bits per heavy atom. The van der Waals surface area contributed by atoms with E-state index in [0.29, 0.717) is 24.5 Å². The first-order valence-corrected chi connectivity index (χ1v) is 9.08. The van der Waals surface area contributed by atoms with Crippen LogP contribution >= 0.6 is 0 Å². The summed E-state index contributed by atoms with van der Waals surface area (Å²) >= 11 is 0. The Kier molecular flexibility index (Phi) is 4.02. The molecule has 4 rings (SSSR count). The van der Waals surface area contributed by atoms with Crippen LogP contribution in [0.3, 0.4) is 0 Å². The van der Waals surface area contributed by atoms with Crippen LogP contribution in [0, 0.1) is 0 Å². The lowest BCUT2D eigenvalue weighted by Gasteiger charge is -2.04. The number of hydrogen-bond acceptors (Lipinski definition) is 7. The topological polar surface area (TPSA) is 117 Å². The number of rotatable bonds is 4. The second-order valence-electron chi connectivity index (χ2n) is 6.42. The number of aryl methyl sites for hydroxylation is 2. The molecule has 0 bridgehead atoms. The summed E-state index contributed by atoms with van der Waals surface area (Å²) in [5.41, 5.74) is -2.17. The van der Waals surface area contributed by atoms with Crippen molar-refractivity contribution in [2.45, 2.75) is 40.2 Å². The quantitative estimate of drug-likeness (QED) is 0.498. The molecule has 0 atom stereocenters. The average molecular weight is 379 g/mol. The van der Waals surface area contributed by atoms with Crippen LogP contribution in [0.1, 0.15) is 32.4 Å². The number of aromatic nitrogens is 5. The van der Waals surface area contributed by atoms with E-state index in [9.17, 15) is 19.2 Å². The first-order chi connectivity index (χ1) is 13.4. The Bertz CT molecular complexity index is 1350. The molecule has 0 aliphatic rings. The molecule has 9 heteroatoms. The van der Waals surface area contributed by atoms with E-state index in [1.54, 1.807) is 6.92 Å². The largest absolute Gasteiger partial charge is 0.275 e.